The smallest absolute Gasteiger partial charge is 0.144 e. The molecule has 0 spiro atoms. The lowest BCUT2D eigenvalue weighted by atomic mass is 10.2. The third-order valence-corrected chi connectivity index (χ3v) is 4.69. The Balaban J connectivity index is 1.60. The molecule has 1 fully saturated rings. The summed E-state index contributed by atoms with van der Waals surface area (Å²) in [5.41, 5.74) is 7.93. The predicted molar refractivity (Wildman–Crippen MR) is 103 cm³/mol. The molecule has 2 heterocycles. The minimum Gasteiger partial charge on any atom is -0.489 e. The third kappa shape index (κ3) is 3.89. The van der Waals surface area contributed by atoms with Gasteiger partial charge in [-0.25, -0.2) is 14.4 Å². The summed E-state index contributed by atoms with van der Waals surface area (Å²) in [6, 6.07) is 7.90. The maximum absolute atomic E-state index is 13.3. The average molecular weight is 389 g/mol. The molecule has 3 aromatic rings. The Morgan fingerprint density at radius 2 is 2.19 bits per heavy atom. The van der Waals surface area contributed by atoms with Gasteiger partial charge in [0.2, 0.25) is 0 Å². The van der Waals surface area contributed by atoms with Crippen LogP contribution in [-0.4, -0.2) is 29.3 Å². The van der Waals surface area contributed by atoms with E-state index in [1.807, 2.05) is 0 Å². The van der Waals surface area contributed by atoms with Gasteiger partial charge in [-0.05, 0) is 37.1 Å². The first-order valence-corrected chi connectivity index (χ1v) is 8.98. The van der Waals surface area contributed by atoms with Crippen LogP contribution in [0.4, 0.5) is 21.6 Å². The van der Waals surface area contributed by atoms with Crippen molar-refractivity contribution < 1.29 is 13.9 Å². The SMILES string of the molecule is Nc1cc2c(Nc3ccc(F)c(Cl)c3)ncnc2cc1OC[C@H]1CCCO1. The standard InChI is InChI=1S/C19H18ClFN4O2/c20-14-6-11(3-4-15(14)21)25-19-13-7-16(22)18(8-17(13)23-10-24-19)27-9-12-2-1-5-26-12/h3-4,6-8,10,12H,1-2,5,9,22H2,(H,23,24,25)/t12-/m1/s1. The maximum Gasteiger partial charge on any atom is 0.144 e. The van der Waals surface area contributed by atoms with E-state index in [1.54, 1.807) is 18.2 Å². The second-order valence-corrected chi connectivity index (χ2v) is 6.74. The fourth-order valence-corrected chi connectivity index (χ4v) is 3.17. The molecule has 0 radical (unpaired) electrons. The molecule has 4 rings (SSSR count). The Labute approximate surface area is 160 Å². The zero-order valence-electron chi connectivity index (χ0n) is 14.4. The molecule has 1 aromatic heterocycles. The summed E-state index contributed by atoms with van der Waals surface area (Å²) >= 11 is 5.84. The Morgan fingerprint density at radius 1 is 1.30 bits per heavy atom. The Hall–Kier alpha value is -2.64. The van der Waals surface area contributed by atoms with Crippen LogP contribution in [0.2, 0.25) is 5.02 Å². The number of nitrogens with two attached hydrogens (primary N) is 1. The van der Waals surface area contributed by atoms with Crippen LogP contribution < -0.4 is 15.8 Å². The highest BCUT2D eigenvalue weighted by Crippen LogP contribution is 2.32. The van der Waals surface area contributed by atoms with Gasteiger partial charge in [0.05, 0.1) is 22.3 Å². The highest BCUT2D eigenvalue weighted by atomic mass is 35.5. The van der Waals surface area contributed by atoms with Crippen molar-refractivity contribution in [3.8, 4) is 5.75 Å². The number of halogens is 2. The monoisotopic (exact) mass is 388 g/mol. The first-order chi connectivity index (χ1) is 13.1. The zero-order valence-corrected chi connectivity index (χ0v) is 15.2. The lowest BCUT2D eigenvalue weighted by Crippen LogP contribution is -2.16. The molecule has 1 atom stereocenters. The molecule has 1 aliphatic rings. The molecule has 1 aliphatic heterocycles. The van der Waals surface area contributed by atoms with Crippen molar-refractivity contribution in [2.75, 3.05) is 24.3 Å². The minimum atomic E-state index is -0.480. The number of hydrogen-bond donors (Lipinski definition) is 2. The number of nitrogen functional groups attached to an aromatic ring is 1. The van der Waals surface area contributed by atoms with Crippen molar-refractivity contribution in [3.63, 3.8) is 0 Å². The molecule has 0 aliphatic carbocycles. The van der Waals surface area contributed by atoms with Gasteiger partial charge in [0.15, 0.2) is 0 Å². The van der Waals surface area contributed by atoms with E-state index in [-0.39, 0.29) is 11.1 Å². The fraction of sp³-hybridized carbons (Fsp3) is 0.263. The molecule has 27 heavy (non-hydrogen) atoms. The molecule has 8 heteroatoms. The molecule has 3 N–H and O–H groups in total. The molecule has 0 amide bonds. The number of nitrogens with zero attached hydrogens (tertiary/aromatic N) is 2. The Kier molecular flexibility index (Phi) is 4.96. The first kappa shape index (κ1) is 17.8. The second-order valence-electron chi connectivity index (χ2n) is 6.33. The largest absolute Gasteiger partial charge is 0.489 e. The number of aromatic nitrogens is 2. The number of benzene rings is 2. The zero-order chi connectivity index (χ0) is 18.8. The Bertz CT molecular complexity index is 979. The van der Waals surface area contributed by atoms with Crippen LogP contribution in [0, 0.1) is 5.82 Å². The Morgan fingerprint density at radius 3 is 2.96 bits per heavy atom. The number of anilines is 3. The van der Waals surface area contributed by atoms with Crippen LogP contribution in [0.5, 0.6) is 5.75 Å². The van der Waals surface area contributed by atoms with Gasteiger partial charge < -0.3 is 20.5 Å². The summed E-state index contributed by atoms with van der Waals surface area (Å²) in [7, 11) is 0. The highest BCUT2D eigenvalue weighted by molar-refractivity contribution is 6.31. The molecular weight excluding hydrogens is 371 g/mol. The molecule has 0 unspecified atom stereocenters. The molecule has 2 aromatic carbocycles. The van der Waals surface area contributed by atoms with Crippen molar-refractivity contribution in [2.24, 2.45) is 0 Å². The average Bonchev–Trinajstić information content (AvgIpc) is 3.17. The summed E-state index contributed by atoms with van der Waals surface area (Å²) in [4.78, 5) is 8.55. The number of rotatable bonds is 5. The minimum absolute atomic E-state index is 0.0303. The van der Waals surface area contributed by atoms with Gasteiger partial charge in [-0.3, -0.25) is 0 Å². The van der Waals surface area contributed by atoms with Gasteiger partial charge in [0, 0.05) is 23.7 Å². The summed E-state index contributed by atoms with van der Waals surface area (Å²) in [6.45, 7) is 1.23. The van der Waals surface area contributed by atoms with Gasteiger partial charge in [0.1, 0.15) is 30.3 Å². The summed E-state index contributed by atoms with van der Waals surface area (Å²) in [5, 5.41) is 3.87. The van der Waals surface area contributed by atoms with E-state index in [4.69, 9.17) is 26.8 Å². The van der Waals surface area contributed by atoms with Crippen LogP contribution in [-0.2, 0) is 4.74 Å². The highest BCUT2D eigenvalue weighted by Gasteiger charge is 2.17. The normalized spacial score (nSPS) is 16.6. The number of hydrogen-bond acceptors (Lipinski definition) is 6. The first-order valence-electron chi connectivity index (χ1n) is 8.61. The van der Waals surface area contributed by atoms with Crippen LogP contribution in [0.25, 0.3) is 10.9 Å². The second kappa shape index (κ2) is 7.54. The van der Waals surface area contributed by atoms with E-state index in [2.05, 4.69) is 15.3 Å². The third-order valence-electron chi connectivity index (χ3n) is 4.40. The van der Waals surface area contributed by atoms with E-state index in [1.165, 1.54) is 18.5 Å². The van der Waals surface area contributed by atoms with Gasteiger partial charge in [-0.15, -0.1) is 0 Å². The van der Waals surface area contributed by atoms with Crippen molar-refractivity contribution in [3.05, 3.63) is 47.5 Å². The van der Waals surface area contributed by atoms with E-state index in [9.17, 15) is 4.39 Å². The predicted octanol–water partition coefficient (Wildman–Crippen LogP) is 4.31. The van der Waals surface area contributed by atoms with E-state index in [0.29, 0.717) is 35.1 Å². The van der Waals surface area contributed by atoms with Crippen LogP contribution >= 0.6 is 11.6 Å². The van der Waals surface area contributed by atoms with Crippen molar-refractivity contribution >= 4 is 39.7 Å². The molecule has 0 saturated carbocycles. The summed E-state index contributed by atoms with van der Waals surface area (Å²) in [5.74, 6) is 0.625. The molecule has 0 bridgehead atoms. The van der Waals surface area contributed by atoms with Crippen molar-refractivity contribution in [1.82, 2.24) is 9.97 Å². The number of fused-ring (bicyclic) bond motifs is 1. The maximum atomic E-state index is 13.3. The van der Waals surface area contributed by atoms with E-state index in [0.717, 1.165) is 24.8 Å². The lowest BCUT2D eigenvalue weighted by Gasteiger charge is -2.15. The van der Waals surface area contributed by atoms with Crippen molar-refractivity contribution in [2.45, 2.75) is 18.9 Å². The van der Waals surface area contributed by atoms with E-state index >= 15 is 0 Å². The van der Waals surface area contributed by atoms with Crippen LogP contribution in [0.3, 0.4) is 0 Å². The van der Waals surface area contributed by atoms with Gasteiger partial charge in [0.25, 0.3) is 0 Å². The lowest BCUT2D eigenvalue weighted by molar-refractivity contribution is 0.0682. The topological polar surface area (TPSA) is 82.3 Å². The van der Waals surface area contributed by atoms with E-state index < -0.39 is 5.82 Å². The fourth-order valence-electron chi connectivity index (χ4n) is 2.99. The van der Waals surface area contributed by atoms with Crippen LogP contribution in [0.1, 0.15) is 12.8 Å². The molecular formula is C19H18ClFN4O2. The molecule has 140 valence electrons. The number of nitrogens with one attached hydrogen (secondary N) is 1. The summed E-state index contributed by atoms with van der Waals surface area (Å²) < 4.78 is 24.7. The number of ether oxygens (including phenoxy) is 2. The van der Waals surface area contributed by atoms with Gasteiger partial charge >= 0.3 is 0 Å². The van der Waals surface area contributed by atoms with Crippen molar-refractivity contribution in [1.29, 1.82) is 0 Å². The van der Waals surface area contributed by atoms with Crippen LogP contribution in [0.15, 0.2) is 36.7 Å². The molecule has 6 nitrogen and oxygen atoms in total. The summed E-state index contributed by atoms with van der Waals surface area (Å²) in [6.07, 6.45) is 3.59. The van der Waals surface area contributed by atoms with Gasteiger partial charge in [-0.1, -0.05) is 11.6 Å². The van der Waals surface area contributed by atoms with Gasteiger partial charge in [-0.2, -0.15) is 0 Å². The quantitative estimate of drug-likeness (QED) is 0.634. The molecule has 1 saturated heterocycles.